The summed E-state index contributed by atoms with van der Waals surface area (Å²) < 4.78 is 7.29. The molecule has 0 unspecified atom stereocenters. The molecule has 6 nitrogen and oxygen atoms in total. The van der Waals surface area contributed by atoms with Crippen molar-refractivity contribution in [3.8, 4) is 22.5 Å². The normalized spacial score (nSPS) is 11.2. The van der Waals surface area contributed by atoms with E-state index < -0.39 is 0 Å². The van der Waals surface area contributed by atoms with Crippen LogP contribution in [0.5, 0.6) is 0 Å². The number of nitrogens with zero attached hydrogens (tertiary/aromatic N) is 3. The van der Waals surface area contributed by atoms with Crippen LogP contribution in [0.15, 0.2) is 66.9 Å². The van der Waals surface area contributed by atoms with Crippen LogP contribution in [0.3, 0.4) is 0 Å². The number of ether oxygens (including phenoxy) is 1. The number of nitrogens with one attached hydrogen (secondary N) is 1. The molecular weight excluding hydrogens is 448 g/mol. The Hall–Kier alpha value is -4.19. The first-order valence-electron chi connectivity index (χ1n) is 12.3. The minimum atomic E-state index is -0.332. The van der Waals surface area contributed by atoms with E-state index in [1.807, 2.05) is 31.3 Å². The van der Waals surface area contributed by atoms with Crippen molar-refractivity contribution in [2.24, 2.45) is 0 Å². The molecule has 0 amide bonds. The fraction of sp³-hybridized carbons (Fsp3) is 0.233. The summed E-state index contributed by atoms with van der Waals surface area (Å²) in [6.07, 6.45) is 3.86. The molecule has 0 bridgehead atoms. The van der Waals surface area contributed by atoms with Crippen molar-refractivity contribution >= 4 is 17.0 Å². The van der Waals surface area contributed by atoms with Crippen molar-refractivity contribution in [1.29, 1.82) is 0 Å². The summed E-state index contributed by atoms with van der Waals surface area (Å²) in [5, 5.41) is 0. The molecule has 0 aliphatic heterocycles. The summed E-state index contributed by atoms with van der Waals surface area (Å²) in [5.74, 6) is 1.63. The summed E-state index contributed by atoms with van der Waals surface area (Å²) in [4.78, 5) is 25.2. The maximum Gasteiger partial charge on any atom is 0.338 e. The predicted octanol–water partition coefficient (Wildman–Crippen LogP) is 6.50. The number of benzene rings is 3. The lowest BCUT2D eigenvalue weighted by atomic mass is 9.98. The number of hydrogen-bond donors (Lipinski definition) is 1. The van der Waals surface area contributed by atoms with Crippen molar-refractivity contribution in [2.45, 2.75) is 40.2 Å². The average Bonchev–Trinajstić information content (AvgIpc) is 3.48. The van der Waals surface area contributed by atoms with Crippen LogP contribution >= 0.6 is 0 Å². The van der Waals surface area contributed by atoms with E-state index in [4.69, 9.17) is 9.72 Å². The lowest BCUT2D eigenvalue weighted by molar-refractivity contribution is 0.0601. The van der Waals surface area contributed by atoms with E-state index in [0.717, 1.165) is 63.5 Å². The molecule has 0 aliphatic carbocycles. The van der Waals surface area contributed by atoms with Gasteiger partial charge in [-0.3, -0.25) is 0 Å². The van der Waals surface area contributed by atoms with Crippen LogP contribution in [0, 0.1) is 13.8 Å². The Kier molecular flexibility index (Phi) is 6.42. The predicted molar refractivity (Wildman–Crippen MR) is 143 cm³/mol. The molecule has 5 aromatic rings. The zero-order valence-corrected chi connectivity index (χ0v) is 21.1. The first-order chi connectivity index (χ1) is 17.5. The lowest BCUT2D eigenvalue weighted by Crippen LogP contribution is -2.06. The first-order valence-corrected chi connectivity index (χ1v) is 12.3. The number of methoxy groups -OCH3 is 1. The molecule has 0 atom stereocenters. The number of aromatic nitrogens is 4. The molecule has 182 valence electrons. The Labute approximate surface area is 211 Å². The highest BCUT2D eigenvalue weighted by Gasteiger charge is 2.16. The summed E-state index contributed by atoms with van der Waals surface area (Å²) in [6, 6.07) is 20.3. The highest BCUT2D eigenvalue weighted by molar-refractivity contribution is 5.97. The van der Waals surface area contributed by atoms with Crippen LogP contribution in [0.25, 0.3) is 33.5 Å². The van der Waals surface area contributed by atoms with Gasteiger partial charge in [0.2, 0.25) is 0 Å². The van der Waals surface area contributed by atoms with E-state index in [1.54, 1.807) is 6.07 Å². The van der Waals surface area contributed by atoms with Gasteiger partial charge in [0.1, 0.15) is 11.6 Å². The minimum absolute atomic E-state index is 0.332. The Bertz CT molecular complexity index is 1540. The van der Waals surface area contributed by atoms with Crippen LogP contribution in [0.4, 0.5) is 0 Å². The summed E-state index contributed by atoms with van der Waals surface area (Å²) in [5.41, 5.74) is 8.90. The number of hydrogen-bond acceptors (Lipinski definition) is 4. The van der Waals surface area contributed by atoms with Gasteiger partial charge in [0, 0.05) is 24.7 Å². The smallest absolute Gasteiger partial charge is 0.338 e. The number of carbonyl (C=O) groups is 1. The molecule has 36 heavy (non-hydrogen) atoms. The Morgan fingerprint density at radius 3 is 2.47 bits per heavy atom. The van der Waals surface area contributed by atoms with Gasteiger partial charge in [-0.15, -0.1) is 0 Å². The monoisotopic (exact) mass is 478 g/mol. The maximum absolute atomic E-state index is 12.2. The van der Waals surface area contributed by atoms with Crippen molar-refractivity contribution in [1.82, 2.24) is 19.5 Å². The first kappa shape index (κ1) is 23.5. The molecular formula is C30H30N4O2. The molecule has 0 spiro atoms. The lowest BCUT2D eigenvalue weighted by Gasteiger charge is -2.12. The molecule has 0 fully saturated rings. The minimum Gasteiger partial charge on any atom is -0.465 e. The van der Waals surface area contributed by atoms with E-state index in [1.165, 1.54) is 12.7 Å². The van der Waals surface area contributed by atoms with Gasteiger partial charge in [-0.05, 0) is 60.7 Å². The van der Waals surface area contributed by atoms with Crippen molar-refractivity contribution in [3.63, 3.8) is 0 Å². The number of aryl methyl sites for hydroxylation is 3. The molecule has 0 aliphatic rings. The molecule has 0 radical (unpaired) electrons. The van der Waals surface area contributed by atoms with Crippen LogP contribution < -0.4 is 0 Å². The van der Waals surface area contributed by atoms with Gasteiger partial charge in [-0.25, -0.2) is 14.8 Å². The number of rotatable bonds is 7. The molecule has 3 aromatic carbocycles. The van der Waals surface area contributed by atoms with Crippen LogP contribution in [0.2, 0.25) is 0 Å². The Morgan fingerprint density at radius 1 is 1.00 bits per heavy atom. The Morgan fingerprint density at radius 2 is 1.78 bits per heavy atom. The average molecular weight is 479 g/mol. The van der Waals surface area contributed by atoms with E-state index in [9.17, 15) is 4.79 Å². The second-order valence-corrected chi connectivity index (χ2v) is 9.15. The number of H-pyrrole nitrogens is 1. The Balaban J connectivity index is 1.53. The van der Waals surface area contributed by atoms with Crippen molar-refractivity contribution in [3.05, 3.63) is 95.1 Å². The van der Waals surface area contributed by atoms with E-state index >= 15 is 0 Å². The quantitative estimate of drug-likeness (QED) is 0.271. The number of carbonyl (C=O) groups excluding carboxylic acids is 1. The standard InChI is InChI=1S/C30H30N4O2/c1-5-8-27-33-28-19(2)15-23(29-31-17-20(3)32-29)16-26(28)34(27)18-21-11-13-22(14-12-21)24-9-6-7-10-25(24)30(35)36-4/h6-7,9-17H,5,8,18H2,1-4H3,(H,31,32). The third-order valence-corrected chi connectivity index (χ3v) is 6.51. The largest absolute Gasteiger partial charge is 0.465 e. The highest BCUT2D eigenvalue weighted by Crippen LogP contribution is 2.29. The van der Waals surface area contributed by atoms with Crippen molar-refractivity contribution in [2.75, 3.05) is 7.11 Å². The van der Waals surface area contributed by atoms with E-state index in [-0.39, 0.29) is 5.97 Å². The molecule has 2 aromatic heterocycles. The van der Waals surface area contributed by atoms with Crippen LogP contribution in [-0.4, -0.2) is 32.6 Å². The molecule has 5 rings (SSSR count). The second-order valence-electron chi connectivity index (χ2n) is 9.15. The summed E-state index contributed by atoms with van der Waals surface area (Å²) in [6.45, 7) is 7.00. The molecule has 2 heterocycles. The molecule has 1 N–H and O–H groups in total. The molecule has 0 saturated carbocycles. The summed E-state index contributed by atoms with van der Waals surface area (Å²) in [7, 11) is 1.41. The van der Waals surface area contributed by atoms with Gasteiger partial charge in [0.25, 0.3) is 0 Å². The number of fused-ring (bicyclic) bond motifs is 1. The van der Waals surface area contributed by atoms with Crippen LogP contribution in [0.1, 0.15) is 46.3 Å². The van der Waals surface area contributed by atoms with Gasteiger partial charge in [0.05, 0.1) is 29.4 Å². The van der Waals surface area contributed by atoms with Gasteiger partial charge in [-0.2, -0.15) is 0 Å². The summed E-state index contributed by atoms with van der Waals surface area (Å²) >= 11 is 0. The molecule has 6 heteroatoms. The number of esters is 1. The number of imidazole rings is 2. The van der Waals surface area contributed by atoms with Crippen LogP contribution in [-0.2, 0) is 17.7 Å². The number of aromatic amines is 1. The van der Waals surface area contributed by atoms with Gasteiger partial charge < -0.3 is 14.3 Å². The third kappa shape index (κ3) is 4.42. The van der Waals surface area contributed by atoms with Gasteiger partial charge >= 0.3 is 5.97 Å². The van der Waals surface area contributed by atoms with Gasteiger partial charge in [-0.1, -0.05) is 49.4 Å². The topological polar surface area (TPSA) is 72.8 Å². The zero-order chi connectivity index (χ0) is 25.2. The third-order valence-electron chi connectivity index (χ3n) is 6.51. The molecule has 0 saturated heterocycles. The second kappa shape index (κ2) is 9.82. The van der Waals surface area contributed by atoms with E-state index in [2.05, 4.69) is 64.8 Å². The maximum atomic E-state index is 12.2. The van der Waals surface area contributed by atoms with Crippen molar-refractivity contribution < 1.29 is 9.53 Å². The zero-order valence-electron chi connectivity index (χ0n) is 21.1. The highest BCUT2D eigenvalue weighted by atomic mass is 16.5. The fourth-order valence-electron chi connectivity index (χ4n) is 4.72. The SMILES string of the molecule is CCCc1nc2c(C)cc(-c3nc(C)c[nH]3)cc2n1Cc1ccc(-c2ccccc2C(=O)OC)cc1. The van der Waals surface area contributed by atoms with E-state index in [0.29, 0.717) is 12.1 Å². The fourth-order valence-corrected chi connectivity index (χ4v) is 4.72. The van der Waals surface area contributed by atoms with Gasteiger partial charge in [0.15, 0.2) is 0 Å².